The van der Waals surface area contributed by atoms with Gasteiger partial charge in [-0.05, 0) is 47.7 Å². The Morgan fingerprint density at radius 1 is 1.38 bits per heavy atom. The first-order chi connectivity index (χ1) is 12.2. The molecule has 3 N–H and O–H groups in total. The van der Waals surface area contributed by atoms with Gasteiger partial charge in [-0.1, -0.05) is 0 Å². The number of hydrogen-bond donors (Lipinski definition) is 3. The van der Waals surface area contributed by atoms with Crippen LogP contribution >= 0.6 is 15.9 Å². The largest absolute Gasteiger partial charge is 0.405 e. The third-order valence-electron chi connectivity index (χ3n) is 4.78. The van der Waals surface area contributed by atoms with Crippen molar-refractivity contribution in [3.63, 3.8) is 0 Å². The lowest BCUT2D eigenvalue weighted by Crippen LogP contribution is -2.48. The summed E-state index contributed by atoms with van der Waals surface area (Å²) in [5.41, 5.74) is 0.190. The molecule has 1 aromatic heterocycles. The zero-order valence-corrected chi connectivity index (χ0v) is 15.3. The molecule has 2 aliphatic heterocycles. The summed E-state index contributed by atoms with van der Waals surface area (Å²) in [7, 11) is 0. The van der Waals surface area contributed by atoms with E-state index >= 15 is 0 Å². The van der Waals surface area contributed by atoms with Gasteiger partial charge in [0.1, 0.15) is 16.9 Å². The van der Waals surface area contributed by atoms with Crippen molar-refractivity contribution in [2.75, 3.05) is 11.9 Å². The summed E-state index contributed by atoms with van der Waals surface area (Å²) >= 11 is 2.93. The van der Waals surface area contributed by atoms with Crippen molar-refractivity contribution in [2.24, 2.45) is 0 Å². The van der Waals surface area contributed by atoms with E-state index in [1.165, 1.54) is 12.3 Å². The van der Waals surface area contributed by atoms with Crippen LogP contribution in [0.5, 0.6) is 0 Å². The Morgan fingerprint density at radius 3 is 2.54 bits per heavy atom. The lowest BCUT2D eigenvalue weighted by atomic mass is 9.99. The Kier molecular flexibility index (Phi) is 5.25. The van der Waals surface area contributed by atoms with Crippen LogP contribution in [0.15, 0.2) is 12.3 Å². The molecule has 2 fully saturated rings. The summed E-state index contributed by atoms with van der Waals surface area (Å²) in [6.07, 6.45) is -1.03. The second-order valence-electron chi connectivity index (χ2n) is 6.62. The topological polar surface area (TPSA) is 89.3 Å². The zero-order chi connectivity index (χ0) is 19.1. The van der Waals surface area contributed by atoms with Gasteiger partial charge in [-0.15, -0.1) is 0 Å². The highest BCUT2D eigenvalue weighted by atomic mass is 79.9. The van der Waals surface area contributed by atoms with Crippen molar-refractivity contribution >= 4 is 32.1 Å². The van der Waals surface area contributed by atoms with Crippen molar-refractivity contribution in [1.82, 2.24) is 9.88 Å². The maximum Gasteiger partial charge on any atom is 0.405 e. The molecule has 0 aliphatic carbocycles. The first-order valence-electron chi connectivity index (χ1n) is 8.21. The standard InChI is InChI=1S/C16H18BrF3N4O2/c17-14(21)11-6-22-13(5-12(11)23-7-16(18,19)20)15(26)24-8-1-2-9(24)4-10(25)3-8/h5-6,8-10,21,25H,1-4,7H2,(H,22,23). The minimum Gasteiger partial charge on any atom is -0.393 e. The van der Waals surface area contributed by atoms with Crippen LogP contribution in [0, 0.1) is 5.41 Å². The van der Waals surface area contributed by atoms with Crippen LogP contribution < -0.4 is 5.32 Å². The summed E-state index contributed by atoms with van der Waals surface area (Å²) in [4.78, 5) is 18.6. The van der Waals surface area contributed by atoms with Gasteiger partial charge in [-0.2, -0.15) is 13.2 Å². The van der Waals surface area contributed by atoms with Crippen molar-refractivity contribution in [1.29, 1.82) is 5.41 Å². The number of fused-ring (bicyclic) bond motifs is 2. The minimum absolute atomic E-state index is 0.0203. The number of aliphatic hydroxyl groups is 1. The number of pyridine rings is 1. The quantitative estimate of drug-likeness (QED) is 0.635. The molecule has 2 bridgehead atoms. The second kappa shape index (κ2) is 7.15. The normalized spacial score (nSPS) is 25.3. The van der Waals surface area contributed by atoms with Gasteiger partial charge < -0.3 is 15.3 Å². The molecule has 2 unspecified atom stereocenters. The van der Waals surface area contributed by atoms with Gasteiger partial charge in [0, 0.05) is 29.5 Å². The molecule has 10 heteroatoms. The summed E-state index contributed by atoms with van der Waals surface area (Å²) in [6, 6.07) is 1.11. The van der Waals surface area contributed by atoms with E-state index in [4.69, 9.17) is 5.41 Å². The maximum absolute atomic E-state index is 12.9. The fourth-order valence-electron chi connectivity index (χ4n) is 3.70. The maximum atomic E-state index is 12.9. The number of alkyl halides is 3. The number of anilines is 1. The number of halogens is 4. The highest BCUT2D eigenvalue weighted by molar-refractivity contribution is 9.18. The molecule has 0 saturated carbocycles. The number of amides is 1. The average Bonchev–Trinajstić information content (AvgIpc) is 2.82. The number of rotatable bonds is 4. The highest BCUT2D eigenvalue weighted by Crippen LogP contribution is 2.37. The van der Waals surface area contributed by atoms with Gasteiger partial charge in [-0.25, -0.2) is 0 Å². The van der Waals surface area contributed by atoms with Crippen molar-refractivity contribution in [2.45, 2.75) is 50.0 Å². The highest BCUT2D eigenvalue weighted by Gasteiger charge is 2.43. The number of carbonyl (C=O) groups excluding carboxylic acids is 1. The fraction of sp³-hybridized carbons (Fsp3) is 0.562. The Bertz CT molecular complexity index is 714. The molecule has 2 saturated heterocycles. The van der Waals surface area contributed by atoms with Gasteiger partial charge in [0.25, 0.3) is 5.91 Å². The van der Waals surface area contributed by atoms with Gasteiger partial charge in [0.2, 0.25) is 0 Å². The summed E-state index contributed by atoms with van der Waals surface area (Å²) in [6.45, 7) is -1.28. The molecular formula is C16H18BrF3N4O2. The molecule has 6 nitrogen and oxygen atoms in total. The van der Waals surface area contributed by atoms with E-state index in [1.807, 2.05) is 0 Å². The number of carbonyl (C=O) groups is 1. The second-order valence-corrected chi connectivity index (χ2v) is 7.41. The van der Waals surface area contributed by atoms with Crippen molar-refractivity contribution in [3.05, 3.63) is 23.5 Å². The lowest BCUT2D eigenvalue weighted by Gasteiger charge is -2.37. The summed E-state index contributed by atoms with van der Waals surface area (Å²) < 4.78 is 37.5. The average molecular weight is 435 g/mol. The lowest BCUT2D eigenvalue weighted by molar-refractivity contribution is -0.115. The van der Waals surface area contributed by atoms with Crippen molar-refractivity contribution < 1.29 is 23.1 Å². The Labute approximate surface area is 156 Å². The predicted molar refractivity (Wildman–Crippen MR) is 92.8 cm³/mol. The third-order valence-corrected chi connectivity index (χ3v) is 5.21. The monoisotopic (exact) mass is 434 g/mol. The summed E-state index contributed by atoms with van der Waals surface area (Å²) in [5.74, 6) is -0.355. The molecule has 1 aromatic rings. The van der Waals surface area contributed by atoms with E-state index in [-0.39, 0.29) is 39.6 Å². The third kappa shape index (κ3) is 4.01. The molecule has 2 atom stereocenters. The van der Waals surface area contributed by atoms with Crippen LogP contribution in [0.3, 0.4) is 0 Å². The number of aliphatic hydroxyl groups excluding tert-OH is 1. The molecule has 0 spiro atoms. The van der Waals surface area contributed by atoms with E-state index in [0.717, 1.165) is 12.8 Å². The number of nitrogens with zero attached hydrogens (tertiary/aromatic N) is 2. The fourth-order valence-corrected chi connectivity index (χ4v) is 4.02. The number of nitrogens with one attached hydrogen (secondary N) is 2. The van der Waals surface area contributed by atoms with Gasteiger partial charge >= 0.3 is 6.18 Å². The smallest absolute Gasteiger partial charge is 0.393 e. The predicted octanol–water partition coefficient (Wildman–Crippen LogP) is 2.90. The summed E-state index contributed by atoms with van der Waals surface area (Å²) in [5, 5.41) is 19.7. The van der Waals surface area contributed by atoms with Crippen LogP contribution in [0.25, 0.3) is 0 Å². The molecule has 3 rings (SSSR count). The van der Waals surface area contributed by atoms with Gasteiger partial charge in [0.05, 0.1) is 6.10 Å². The van der Waals surface area contributed by atoms with E-state index in [0.29, 0.717) is 12.8 Å². The van der Waals surface area contributed by atoms with Crippen LogP contribution in [0.1, 0.15) is 41.7 Å². The van der Waals surface area contributed by atoms with E-state index in [9.17, 15) is 23.1 Å². The van der Waals surface area contributed by atoms with E-state index in [2.05, 4.69) is 26.2 Å². The molecule has 3 heterocycles. The molecule has 0 radical (unpaired) electrons. The van der Waals surface area contributed by atoms with Crippen LogP contribution in [0.2, 0.25) is 0 Å². The van der Waals surface area contributed by atoms with E-state index < -0.39 is 18.8 Å². The molecule has 26 heavy (non-hydrogen) atoms. The first kappa shape index (κ1) is 19.1. The number of piperidine rings is 1. The van der Waals surface area contributed by atoms with Crippen LogP contribution in [-0.4, -0.2) is 56.4 Å². The van der Waals surface area contributed by atoms with E-state index in [1.54, 1.807) is 4.90 Å². The van der Waals surface area contributed by atoms with Gasteiger partial charge in [-0.3, -0.25) is 15.2 Å². The van der Waals surface area contributed by atoms with Crippen molar-refractivity contribution in [3.8, 4) is 0 Å². The molecule has 0 aromatic carbocycles. The Balaban J connectivity index is 1.86. The van der Waals surface area contributed by atoms with Gasteiger partial charge in [0.15, 0.2) is 0 Å². The molecule has 1 amide bonds. The SMILES string of the molecule is N=C(Br)c1cnc(C(=O)N2C3CCC2CC(O)C3)cc1NCC(F)(F)F. The molecule has 2 aliphatic rings. The first-order valence-corrected chi connectivity index (χ1v) is 9.01. The zero-order valence-electron chi connectivity index (χ0n) is 13.7. The molecular weight excluding hydrogens is 417 g/mol. The Hall–Kier alpha value is -1.68. The minimum atomic E-state index is -4.43. The number of aromatic nitrogens is 1. The molecule has 142 valence electrons. The Morgan fingerprint density at radius 2 is 2.00 bits per heavy atom. The van der Waals surface area contributed by atoms with Crippen LogP contribution in [0.4, 0.5) is 18.9 Å². The van der Waals surface area contributed by atoms with Crippen LogP contribution in [-0.2, 0) is 0 Å². The number of hydrogen-bond acceptors (Lipinski definition) is 5.